The predicted molar refractivity (Wildman–Crippen MR) is 55.7 cm³/mol. The van der Waals surface area contributed by atoms with E-state index in [4.69, 9.17) is 5.73 Å². The third-order valence-corrected chi connectivity index (χ3v) is 3.10. The van der Waals surface area contributed by atoms with Crippen molar-refractivity contribution >= 4 is 0 Å². The summed E-state index contributed by atoms with van der Waals surface area (Å²) in [5, 5.41) is 0. The number of benzene rings is 1. The first kappa shape index (κ1) is 9.66. The molecule has 1 aromatic rings. The molecular weight excluding hydrogens is 177 g/mol. The van der Waals surface area contributed by atoms with E-state index in [0.29, 0.717) is 25.8 Å². The van der Waals surface area contributed by atoms with Crippen LogP contribution >= 0.6 is 0 Å². The highest BCUT2D eigenvalue weighted by Gasteiger charge is 2.37. The van der Waals surface area contributed by atoms with Crippen LogP contribution in [0.4, 0.5) is 4.39 Å². The molecule has 0 aliphatic heterocycles. The summed E-state index contributed by atoms with van der Waals surface area (Å²) in [4.78, 5) is 0. The van der Waals surface area contributed by atoms with Crippen LogP contribution in [0.15, 0.2) is 24.3 Å². The Bertz CT molecular complexity index is 318. The summed E-state index contributed by atoms with van der Waals surface area (Å²) in [6, 6.07) is 7.88. The fraction of sp³-hybridized carbons (Fsp3) is 0.500. The molecule has 0 unspecified atom stereocenters. The molecule has 0 spiro atoms. The lowest BCUT2D eigenvalue weighted by atomic mass is 9.77. The van der Waals surface area contributed by atoms with Crippen molar-refractivity contribution in [2.24, 2.45) is 5.73 Å². The van der Waals surface area contributed by atoms with Crippen LogP contribution in [0.25, 0.3) is 0 Å². The number of rotatable bonds is 3. The Balaban J connectivity index is 2.15. The van der Waals surface area contributed by atoms with Gasteiger partial charge in [-0.15, -0.1) is 0 Å². The van der Waals surface area contributed by atoms with E-state index in [9.17, 15) is 4.39 Å². The first-order valence-corrected chi connectivity index (χ1v) is 5.19. The van der Waals surface area contributed by atoms with Crippen molar-refractivity contribution in [3.63, 3.8) is 0 Å². The van der Waals surface area contributed by atoms with Crippen molar-refractivity contribution in [1.82, 2.24) is 0 Å². The molecule has 0 saturated heterocycles. The Kier molecular flexibility index (Phi) is 2.55. The molecule has 1 aliphatic rings. The third-order valence-electron chi connectivity index (χ3n) is 3.10. The summed E-state index contributed by atoms with van der Waals surface area (Å²) in [6.45, 7) is 0.506. The van der Waals surface area contributed by atoms with Crippen molar-refractivity contribution < 1.29 is 4.39 Å². The van der Waals surface area contributed by atoms with Crippen LogP contribution in [0.2, 0.25) is 0 Å². The number of halogens is 1. The maximum atomic E-state index is 13.9. The summed E-state index contributed by atoms with van der Waals surface area (Å²) < 4.78 is 13.9. The molecule has 0 aromatic heterocycles. The van der Waals surface area contributed by atoms with Crippen LogP contribution in [0.3, 0.4) is 0 Å². The van der Waals surface area contributed by atoms with Crippen molar-refractivity contribution in [2.45, 2.75) is 37.9 Å². The Morgan fingerprint density at radius 2 is 1.86 bits per heavy atom. The average molecular weight is 193 g/mol. The van der Waals surface area contributed by atoms with Crippen molar-refractivity contribution in [1.29, 1.82) is 0 Å². The smallest absolute Gasteiger partial charge is 0.115 e. The average Bonchev–Trinajstić information content (AvgIpc) is 2.16. The number of alkyl halides is 1. The van der Waals surface area contributed by atoms with Gasteiger partial charge in [-0.3, -0.25) is 0 Å². The minimum atomic E-state index is -0.939. The zero-order chi connectivity index (χ0) is 10.0. The molecular formula is C12H16FN. The summed E-state index contributed by atoms with van der Waals surface area (Å²) in [5.74, 6) is 0. The van der Waals surface area contributed by atoms with Gasteiger partial charge < -0.3 is 5.73 Å². The van der Waals surface area contributed by atoms with Crippen LogP contribution in [0.1, 0.15) is 30.4 Å². The summed E-state index contributed by atoms with van der Waals surface area (Å²) in [7, 11) is 0. The molecule has 1 aliphatic carbocycles. The summed E-state index contributed by atoms with van der Waals surface area (Å²) in [5.41, 5.74) is 6.83. The highest BCUT2D eigenvalue weighted by Crippen LogP contribution is 2.39. The van der Waals surface area contributed by atoms with Gasteiger partial charge in [0, 0.05) is 13.0 Å². The lowest BCUT2D eigenvalue weighted by molar-refractivity contribution is 0.0639. The quantitative estimate of drug-likeness (QED) is 0.784. The largest absolute Gasteiger partial charge is 0.326 e. The molecule has 76 valence electrons. The molecule has 2 heteroatoms. The highest BCUT2D eigenvalue weighted by molar-refractivity contribution is 5.28. The molecule has 1 nitrogen and oxygen atoms in total. The van der Waals surface area contributed by atoms with Gasteiger partial charge in [0.25, 0.3) is 0 Å². The fourth-order valence-electron chi connectivity index (χ4n) is 2.01. The van der Waals surface area contributed by atoms with E-state index in [1.807, 2.05) is 24.3 Å². The maximum absolute atomic E-state index is 13.9. The van der Waals surface area contributed by atoms with Crippen molar-refractivity contribution in [2.75, 3.05) is 0 Å². The van der Waals surface area contributed by atoms with Gasteiger partial charge >= 0.3 is 0 Å². The lowest BCUT2D eigenvalue weighted by Gasteiger charge is -2.34. The molecule has 0 bridgehead atoms. The molecule has 0 amide bonds. The molecule has 1 aromatic carbocycles. The molecule has 2 N–H and O–H groups in total. The van der Waals surface area contributed by atoms with E-state index in [-0.39, 0.29) is 0 Å². The monoisotopic (exact) mass is 193 g/mol. The Morgan fingerprint density at radius 1 is 1.21 bits per heavy atom. The first-order chi connectivity index (χ1) is 6.73. The summed E-state index contributed by atoms with van der Waals surface area (Å²) >= 11 is 0. The molecule has 0 radical (unpaired) electrons. The number of hydrogen-bond donors (Lipinski definition) is 1. The van der Waals surface area contributed by atoms with E-state index >= 15 is 0 Å². The van der Waals surface area contributed by atoms with Crippen molar-refractivity contribution in [3.8, 4) is 0 Å². The molecule has 0 atom stereocenters. The standard InChI is InChI=1S/C12H16FN/c13-12(6-3-7-12)8-10-4-1-2-5-11(10)9-14/h1-2,4-5H,3,6-9,14H2. The normalized spacial score (nSPS) is 19.0. The van der Waals surface area contributed by atoms with E-state index in [2.05, 4.69) is 0 Å². The Labute approximate surface area is 84.1 Å². The summed E-state index contributed by atoms with van der Waals surface area (Å²) in [6.07, 6.45) is 3.00. The van der Waals surface area contributed by atoms with Gasteiger partial charge in [-0.1, -0.05) is 24.3 Å². The number of hydrogen-bond acceptors (Lipinski definition) is 1. The number of nitrogens with two attached hydrogens (primary N) is 1. The minimum absolute atomic E-state index is 0.506. The van der Waals surface area contributed by atoms with Gasteiger partial charge in [0.2, 0.25) is 0 Å². The van der Waals surface area contributed by atoms with Gasteiger partial charge in [0.05, 0.1) is 0 Å². The topological polar surface area (TPSA) is 26.0 Å². The second kappa shape index (κ2) is 3.70. The van der Waals surface area contributed by atoms with E-state index < -0.39 is 5.67 Å². The lowest BCUT2D eigenvalue weighted by Crippen LogP contribution is -2.34. The Morgan fingerprint density at radius 3 is 2.36 bits per heavy atom. The molecule has 1 fully saturated rings. The van der Waals surface area contributed by atoms with Gasteiger partial charge in [-0.05, 0) is 30.4 Å². The van der Waals surface area contributed by atoms with E-state index in [1.165, 1.54) is 0 Å². The van der Waals surface area contributed by atoms with Gasteiger partial charge in [-0.25, -0.2) is 4.39 Å². The second-order valence-electron chi connectivity index (χ2n) is 4.15. The van der Waals surface area contributed by atoms with Gasteiger partial charge in [0.1, 0.15) is 5.67 Å². The van der Waals surface area contributed by atoms with Crippen LogP contribution in [-0.2, 0) is 13.0 Å². The van der Waals surface area contributed by atoms with Crippen LogP contribution in [0.5, 0.6) is 0 Å². The molecule has 0 heterocycles. The Hall–Kier alpha value is -0.890. The van der Waals surface area contributed by atoms with E-state index in [1.54, 1.807) is 0 Å². The third kappa shape index (κ3) is 1.80. The highest BCUT2D eigenvalue weighted by atomic mass is 19.1. The zero-order valence-corrected chi connectivity index (χ0v) is 8.30. The van der Waals surface area contributed by atoms with Crippen LogP contribution < -0.4 is 5.73 Å². The molecule has 2 rings (SSSR count). The van der Waals surface area contributed by atoms with E-state index in [0.717, 1.165) is 17.5 Å². The first-order valence-electron chi connectivity index (χ1n) is 5.19. The van der Waals surface area contributed by atoms with Crippen LogP contribution in [-0.4, -0.2) is 5.67 Å². The molecule has 14 heavy (non-hydrogen) atoms. The van der Waals surface area contributed by atoms with Gasteiger partial charge in [0.15, 0.2) is 0 Å². The van der Waals surface area contributed by atoms with Gasteiger partial charge in [-0.2, -0.15) is 0 Å². The fourth-order valence-corrected chi connectivity index (χ4v) is 2.01. The maximum Gasteiger partial charge on any atom is 0.115 e. The molecule has 1 saturated carbocycles. The zero-order valence-electron chi connectivity index (χ0n) is 8.30. The minimum Gasteiger partial charge on any atom is -0.326 e. The van der Waals surface area contributed by atoms with Crippen LogP contribution in [0, 0.1) is 0 Å². The second-order valence-corrected chi connectivity index (χ2v) is 4.15. The predicted octanol–water partition coefficient (Wildman–Crippen LogP) is 2.58. The SMILES string of the molecule is NCc1ccccc1CC1(F)CCC1. The van der Waals surface area contributed by atoms with Crippen molar-refractivity contribution in [3.05, 3.63) is 35.4 Å².